The summed E-state index contributed by atoms with van der Waals surface area (Å²) >= 11 is 0. The van der Waals surface area contributed by atoms with E-state index in [4.69, 9.17) is 4.84 Å². The minimum absolute atomic E-state index is 0.211. The van der Waals surface area contributed by atoms with Crippen LogP contribution in [-0.4, -0.2) is 34.0 Å². The Morgan fingerprint density at radius 3 is 2.02 bits per heavy atom. The summed E-state index contributed by atoms with van der Waals surface area (Å²) in [6, 6.07) is 11.6. The Morgan fingerprint density at radius 2 is 1.45 bits per heavy atom. The number of unbranched alkanes of at least 4 members (excludes halogenated alkanes) is 3. The fraction of sp³-hybridized carbons (Fsp3) is 0.529. The average molecular weight is 546 g/mol. The van der Waals surface area contributed by atoms with E-state index in [0.717, 1.165) is 80.0 Å². The fourth-order valence-electron chi connectivity index (χ4n) is 6.65. The van der Waals surface area contributed by atoms with Gasteiger partial charge in [0.2, 0.25) is 5.78 Å². The van der Waals surface area contributed by atoms with Gasteiger partial charge < -0.3 is 9.94 Å². The molecule has 2 aliphatic carbocycles. The second-order valence-corrected chi connectivity index (χ2v) is 11.5. The molecule has 2 aromatic rings. The Morgan fingerprint density at radius 1 is 0.850 bits per heavy atom. The topological polar surface area (TPSA) is 93.0 Å². The first-order chi connectivity index (χ1) is 19.2. The molecule has 1 fully saturated rings. The molecular weight excluding hydrogens is 502 g/mol. The predicted octanol–water partition coefficient (Wildman–Crippen LogP) is 7.72. The highest BCUT2D eigenvalue weighted by Crippen LogP contribution is 2.53. The molecule has 6 heteroatoms. The number of hydrogen-bond acceptors (Lipinski definition) is 6. The lowest BCUT2D eigenvalue weighted by molar-refractivity contribution is -0.140. The third-order valence-corrected chi connectivity index (χ3v) is 9.01. The van der Waals surface area contributed by atoms with Gasteiger partial charge in [-0.05, 0) is 72.9 Å². The third kappa shape index (κ3) is 5.69. The smallest absolute Gasteiger partial charge is 0.331 e. The Hall–Kier alpha value is -3.12. The van der Waals surface area contributed by atoms with Gasteiger partial charge in [0.05, 0.1) is 0 Å². The summed E-state index contributed by atoms with van der Waals surface area (Å²) in [7, 11) is 0. The van der Waals surface area contributed by atoms with E-state index in [2.05, 4.69) is 25.9 Å². The number of oxime groups is 1. The van der Waals surface area contributed by atoms with E-state index in [1.54, 1.807) is 0 Å². The van der Waals surface area contributed by atoms with Crippen molar-refractivity contribution < 1.29 is 24.3 Å². The van der Waals surface area contributed by atoms with E-state index in [1.165, 1.54) is 6.92 Å². The Balaban J connectivity index is 1.75. The molecule has 0 spiro atoms. The van der Waals surface area contributed by atoms with Crippen molar-refractivity contribution in [1.82, 2.24) is 0 Å². The maximum Gasteiger partial charge on any atom is 0.331 e. The largest absolute Gasteiger partial charge is 0.382 e. The summed E-state index contributed by atoms with van der Waals surface area (Å²) in [6.45, 7) is 7.74. The van der Waals surface area contributed by atoms with Crippen LogP contribution in [0.1, 0.15) is 137 Å². The highest BCUT2D eigenvalue weighted by Gasteiger charge is 2.43. The highest BCUT2D eigenvalue weighted by molar-refractivity contribution is 6.46. The lowest BCUT2D eigenvalue weighted by Gasteiger charge is -2.31. The standard InChI is InChI=1S/C34H43NO5/c1-5-8-9-11-14-30(35-40-23(4)36)31(37)24-15-17-28-26(21-24)27-22-25(16-18-29(27)33(28,6-2)7-3)32(38)34(39)19-12-10-13-20-34/h15-18,21-22,39H,5-14,19-20H2,1-4H3/b35-30+. The summed E-state index contributed by atoms with van der Waals surface area (Å²) in [4.78, 5) is 43.5. The monoisotopic (exact) mass is 545 g/mol. The van der Waals surface area contributed by atoms with Gasteiger partial charge in [-0.1, -0.05) is 88.7 Å². The number of fused-ring (bicyclic) bond motifs is 3. The van der Waals surface area contributed by atoms with Gasteiger partial charge in [-0.15, -0.1) is 0 Å². The number of carbonyl (C=O) groups excluding carboxylic acids is 3. The second-order valence-electron chi connectivity index (χ2n) is 11.5. The Labute approximate surface area is 238 Å². The molecule has 214 valence electrons. The average Bonchev–Trinajstić information content (AvgIpc) is 3.25. The van der Waals surface area contributed by atoms with Crippen LogP contribution in [0.15, 0.2) is 41.6 Å². The van der Waals surface area contributed by atoms with E-state index in [-0.39, 0.29) is 22.7 Å². The minimum atomic E-state index is -1.31. The normalized spacial score (nSPS) is 17.2. The number of Topliss-reactive ketones (excluding diaryl/α,β-unsaturated/α-hetero) is 2. The molecule has 6 nitrogen and oxygen atoms in total. The Bertz CT molecular complexity index is 1300. The summed E-state index contributed by atoms with van der Waals surface area (Å²) in [5, 5.41) is 15.1. The van der Waals surface area contributed by atoms with Crippen molar-refractivity contribution in [3.05, 3.63) is 58.7 Å². The summed E-state index contributed by atoms with van der Waals surface area (Å²) in [5.74, 6) is -1.03. The number of aliphatic hydroxyl groups is 1. The zero-order valence-electron chi connectivity index (χ0n) is 24.5. The van der Waals surface area contributed by atoms with Crippen LogP contribution >= 0.6 is 0 Å². The van der Waals surface area contributed by atoms with Crippen molar-refractivity contribution in [3.8, 4) is 11.1 Å². The van der Waals surface area contributed by atoms with Crippen molar-refractivity contribution in [1.29, 1.82) is 0 Å². The van der Waals surface area contributed by atoms with Gasteiger partial charge in [0.1, 0.15) is 11.3 Å². The van der Waals surface area contributed by atoms with Crippen LogP contribution in [0.25, 0.3) is 11.1 Å². The maximum absolute atomic E-state index is 13.6. The SMILES string of the molecule is CCCCCC/C(=N\OC(C)=O)C(=O)c1ccc2c(c1)-c1cc(C(=O)C3(O)CCCCC3)ccc1C2(CC)CC. The number of ketones is 2. The molecule has 0 saturated heterocycles. The number of rotatable bonds is 12. The molecule has 0 unspecified atom stereocenters. The zero-order chi connectivity index (χ0) is 28.9. The molecule has 0 atom stereocenters. The van der Waals surface area contributed by atoms with E-state index in [1.807, 2.05) is 36.4 Å². The lowest BCUT2D eigenvalue weighted by Crippen LogP contribution is -2.40. The number of hydrogen-bond donors (Lipinski definition) is 1. The predicted molar refractivity (Wildman–Crippen MR) is 158 cm³/mol. The molecule has 0 aromatic heterocycles. The van der Waals surface area contributed by atoms with Crippen molar-refractivity contribution in [2.24, 2.45) is 5.16 Å². The molecule has 4 rings (SSSR count). The summed E-state index contributed by atoms with van der Waals surface area (Å²) in [6.07, 6.45) is 9.84. The molecular formula is C34H43NO5. The molecule has 0 radical (unpaired) electrons. The lowest BCUT2D eigenvalue weighted by atomic mass is 9.73. The maximum atomic E-state index is 13.6. The van der Waals surface area contributed by atoms with Crippen LogP contribution in [0.3, 0.4) is 0 Å². The number of nitrogens with zero attached hydrogens (tertiary/aromatic N) is 1. The zero-order valence-corrected chi connectivity index (χ0v) is 24.5. The quantitative estimate of drug-likeness (QED) is 0.0969. The van der Waals surface area contributed by atoms with Crippen LogP contribution in [0.5, 0.6) is 0 Å². The van der Waals surface area contributed by atoms with E-state index in [9.17, 15) is 19.5 Å². The molecule has 0 amide bonds. The van der Waals surface area contributed by atoms with Crippen LogP contribution < -0.4 is 0 Å². The van der Waals surface area contributed by atoms with E-state index < -0.39 is 11.6 Å². The molecule has 1 saturated carbocycles. The molecule has 0 bridgehead atoms. The van der Waals surface area contributed by atoms with Crippen molar-refractivity contribution in [2.45, 2.75) is 116 Å². The van der Waals surface area contributed by atoms with Gasteiger partial charge in [-0.3, -0.25) is 9.59 Å². The van der Waals surface area contributed by atoms with E-state index in [0.29, 0.717) is 30.4 Å². The third-order valence-electron chi connectivity index (χ3n) is 9.01. The van der Waals surface area contributed by atoms with Crippen molar-refractivity contribution >= 4 is 23.2 Å². The van der Waals surface area contributed by atoms with E-state index >= 15 is 0 Å². The summed E-state index contributed by atoms with van der Waals surface area (Å²) in [5.41, 5.74) is 3.89. The number of carbonyl (C=O) groups is 3. The number of benzene rings is 2. The van der Waals surface area contributed by atoms with Crippen LogP contribution in [0.2, 0.25) is 0 Å². The molecule has 0 aliphatic heterocycles. The molecule has 2 aliphatic rings. The highest BCUT2D eigenvalue weighted by atomic mass is 16.7. The molecule has 2 aromatic carbocycles. The van der Waals surface area contributed by atoms with Gasteiger partial charge >= 0.3 is 5.97 Å². The molecule has 40 heavy (non-hydrogen) atoms. The van der Waals surface area contributed by atoms with Gasteiger partial charge in [-0.25, -0.2) is 4.79 Å². The van der Waals surface area contributed by atoms with Gasteiger partial charge in [0.25, 0.3) is 0 Å². The minimum Gasteiger partial charge on any atom is -0.382 e. The molecule has 1 N–H and O–H groups in total. The Kier molecular flexibility index (Phi) is 9.40. The van der Waals surface area contributed by atoms with Gasteiger partial charge in [0.15, 0.2) is 5.78 Å². The van der Waals surface area contributed by atoms with Crippen LogP contribution in [-0.2, 0) is 15.0 Å². The van der Waals surface area contributed by atoms with Crippen molar-refractivity contribution in [3.63, 3.8) is 0 Å². The van der Waals surface area contributed by atoms with Gasteiger partial charge in [-0.2, -0.15) is 0 Å². The first-order valence-electron chi connectivity index (χ1n) is 15.1. The van der Waals surface area contributed by atoms with Gasteiger partial charge in [0, 0.05) is 23.5 Å². The molecule has 0 heterocycles. The second kappa shape index (κ2) is 12.6. The first kappa shape index (κ1) is 29.9. The van der Waals surface area contributed by atoms with Crippen molar-refractivity contribution in [2.75, 3.05) is 0 Å². The van der Waals surface area contributed by atoms with Crippen LogP contribution in [0.4, 0.5) is 0 Å². The summed E-state index contributed by atoms with van der Waals surface area (Å²) < 4.78 is 0. The fourth-order valence-corrected chi connectivity index (χ4v) is 6.65. The van der Waals surface area contributed by atoms with Crippen LogP contribution in [0, 0.1) is 0 Å². The first-order valence-corrected chi connectivity index (χ1v) is 15.1.